The van der Waals surface area contributed by atoms with E-state index in [1.54, 1.807) is 6.20 Å². The minimum atomic E-state index is -0.634. The van der Waals surface area contributed by atoms with Crippen LogP contribution in [0, 0.1) is 17.0 Å². The zero-order chi connectivity index (χ0) is 22.8. The molecule has 0 unspecified atom stereocenters. The second-order valence-corrected chi connectivity index (χ2v) is 9.74. The quantitative estimate of drug-likeness (QED) is 0.582. The van der Waals surface area contributed by atoms with Crippen molar-refractivity contribution < 1.29 is 13.5 Å². The van der Waals surface area contributed by atoms with E-state index in [1.807, 2.05) is 12.1 Å². The Morgan fingerprint density at radius 3 is 2.70 bits per heavy atom. The summed E-state index contributed by atoms with van der Waals surface area (Å²) in [4.78, 5) is 11.6. The fourth-order valence-corrected chi connectivity index (χ4v) is 6.25. The Bertz CT molecular complexity index is 1220. The molecular weight excluding hydrogens is 424 g/mol. The van der Waals surface area contributed by atoms with Crippen LogP contribution in [0.1, 0.15) is 56.0 Å². The number of anilines is 1. The first-order valence-electron chi connectivity index (χ1n) is 11.4. The van der Waals surface area contributed by atoms with Crippen molar-refractivity contribution in [1.82, 2.24) is 20.2 Å². The van der Waals surface area contributed by atoms with Crippen LogP contribution in [0.25, 0.3) is 11.3 Å². The van der Waals surface area contributed by atoms with Gasteiger partial charge in [-0.05, 0) is 60.4 Å². The number of benzene rings is 1. The van der Waals surface area contributed by atoms with Gasteiger partial charge in [-0.3, -0.25) is 0 Å². The predicted molar refractivity (Wildman–Crippen MR) is 119 cm³/mol. The standard InChI is InChI=1S/C25H25F2N5O/c1-24(2)16-7-9-25(24,20-8-10-28-23(29-20)32-11-4-12-33-14-32)22-15(16)13-19(30-31-22)21-17(26)5-3-6-18(21)27/h3,5-6,8,10,13,16H,4,7,9,11-12,14H2,1-2H3/t16-,25-/m0/s1. The van der Waals surface area contributed by atoms with E-state index in [0.717, 1.165) is 49.4 Å². The Hall–Kier alpha value is -3.00. The Kier molecular flexibility index (Phi) is 4.52. The molecule has 1 aliphatic heterocycles. The van der Waals surface area contributed by atoms with E-state index in [0.29, 0.717) is 12.7 Å². The number of fused-ring (bicyclic) bond motifs is 5. The van der Waals surface area contributed by atoms with Crippen LogP contribution in [-0.4, -0.2) is 40.0 Å². The minimum absolute atomic E-state index is 0.128. The van der Waals surface area contributed by atoms with Gasteiger partial charge in [0.15, 0.2) is 0 Å². The summed E-state index contributed by atoms with van der Waals surface area (Å²) in [7, 11) is 0. The Morgan fingerprint density at radius 1 is 1.12 bits per heavy atom. The van der Waals surface area contributed by atoms with Crippen LogP contribution in [0.15, 0.2) is 36.5 Å². The third-order valence-electron chi connectivity index (χ3n) is 7.93. The van der Waals surface area contributed by atoms with Crippen molar-refractivity contribution in [2.75, 3.05) is 24.8 Å². The van der Waals surface area contributed by atoms with Crippen LogP contribution in [0.5, 0.6) is 0 Å². The van der Waals surface area contributed by atoms with Gasteiger partial charge in [-0.15, -0.1) is 5.10 Å². The Labute approximate surface area is 191 Å². The van der Waals surface area contributed by atoms with Crippen LogP contribution in [-0.2, 0) is 10.2 Å². The second-order valence-electron chi connectivity index (χ2n) is 9.74. The SMILES string of the molecule is CC1(C)[C@H]2CC[C@]1(c1ccnc(N3CCCOC3)n1)c1nnc(-c3c(F)cccc3F)cc12. The van der Waals surface area contributed by atoms with Crippen molar-refractivity contribution in [3.05, 3.63) is 65.1 Å². The van der Waals surface area contributed by atoms with Gasteiger partial charge in [-0.1, -0.05) is 19.9 Å². The zero-order valence-corrected chi connectivity index (χ0v) is 18.7. The molecule has 170 valence electrons. The summed E-state index contributed by atoms with van der Waals surface area (Å²) in [5.41, 5.74) is 2.29. The lowest BCUT2D eigenvalue weighted by Gasteiger charge is -2.38. The monoisotopic (exact) mass is 449 g/mol. The molecule has 0 spiro atoms. The number of aromatic nitrogens is 4. The van der Waals surface area contributed by atoms with Crippen molar-refractivity contribution in [3.8, 4) is 11.3 Å². The Morgan fingerprint density at radius 2 is 1.94 bits per heavy atom. The fourth-order valence-electron chi connectivity index (χ4n) is 6.25. The second kappa shape index (κ2) is 7.25. The van der Waals surface area contributed by atoms with Crippen LogP contribution in [0.2, 0.25) is 0 Å². The van der Waals surface area contributed by atoms with Gasteiger partial charge >= 0.3 is 0 Å². The molecule has 2 atom stereocenters. The molecule has 1 aromatic carbocycles. The molecule has 3 heterocycles. The first-order valence-corrected chi connectivity index (χ1v) is 11.4. The number of nitrogens with zero attached hydrogens (tertiary/aromatic N) is 5. The molecule has 3 aromatic rings. The van der Waals surface area contributed by atoms with Gasteiger partial charge in [-0.25, -0.2) is 18.7 Å². The number of halogens is 2. The summed E-state index contributed by atoms with van der Waals surface area (Å²) in [6, 6.07) is 7.65. The van der Waals surface area contributed by atoms with Crippen molar-refractivity contribution in [2.45, 2.75) is 44.4 Å². The molecule has 0 radical (unpaired) electrons. The van der Waals surface area contributed by atoms with Gasteiger partial charge in [0, 0.05) is 12.7 Å². The lowest BCUT2D eigenvalue weighted by Crippen LogP contribution is -2.39. The third kappa shape index (κ3) is 2.79. The van der Waals surface area contributed by atoms with Crippen LogP contribution < -0.4 is 4.90 Å². The first-order chi connectivity index (χ1) is 15.9. The molecule has 3 aliphatic rings. The molecule has 1 saturated heterocycles. The van der Waals surface area contributed by atoms with E-state index in [1.165, 1.54) is 18.2 Å². The van der Waals surface area contributed by atoms with Crippen molar-refractivity contribution in [3.63, 3.8) is 0 Å². The molecule has 0 amide bonds. The number of hydrogen-bond acceptors (Lipinski definition) is 6. The van der Waals surface area contributed by atoms with E-state index in [-0.39, 0.29) is 22.6 Å². The smallest absolute Gasteiger partial charge is 0.227 e. The molecule has 2 bridgehead atoms. The van der Waals surface area contributed by atoms with Crippen molar-refractivity contribution in [2.24, 2.45) is 5.41 Å². The average molecular weight is 450 g/mol. The highest BCUT2D eigenvalue weighted by molar-refractivity contribution is 5.64. The van der Waals surface area contributed by atoms with Gasteiger partial charge in [0.25, 0.3) is 0 Å². The molecule has 1 saturated carbocycles. The van der Waals surface area contributed by atoms with Crippen LogP contribution >= 0.6 is 0 Å². The lowest BCUT2D eigenvalue weighted by atomic mass is 9.66. The maximum atomic E-state index is 14.4. The maximum absolute atomic E-state index is 14.4. The molecular formula is C25H25F2N5O. The fraction of sp³-hybridized carbons (Fsp3) is 0.440. The minimum Gasteiger partial charge on any atom is -0.361 e. The lowest BCUT2D eigenvalue weighted by molar-refractivity contribution is 0.106. The molecule has 33 heavy (non-hydrogen) atoms. The highest BCUT2D eigenvalue weighted by atomic mass is 19.1. The summed E-state index contributed by atoms with van der Waals surface area (Å²) in [6.45, 7) is 6.57. The van der Waals surface area contributed by atoms with Crippen molar-refractivity contribution in [1.29, 1.82) is 0 Å². The van der Waals surface area contributed by atoms with Gasteiger partial charge in [0.05, 0.1) is 34.7 Å². The molecule has 6 rings (SSSR count). The number of hydrogen-bond donors (Lipinski definition) is 0. The summed E-state index contributed by atoms with van der Waals surface area (Å²) in [5, 5.41) is 8.91. The molecule has 6 nitrogen and oxygen atoms in total. The van der Waals surface area contributed by atoms with E-state index in [9.17, 15) is 8.78 Å². The summed E-state index contributed by atoms with van der Waals surface area (Å²) < 4.78 is 34.5. The van der Waals surface area contributed by atoms with Gasteiger partial charge in [0.2, 0.25) is 5.95 Å². The molecule has 8 heteroatoms. The highest BCUT2D eigenvalue weighted by Gasteiger charge is 2.65. The normalized spacial score (nSPS) is 25.3. The van der Waals surface area contributed by atoms with Crippen LogP contribution in [0.3, 0.4) is 0 Å². The summed E-state index contributed by atoms with van der Waals surface area (Å²) in [6.07, 6.45) is 4.60. The molecule has 2 aromatic heterocycles. The van der Waals surface area contributed by atoms with Gasteiger partial charge in [0.1, 0.15) is 18.4 Å². The maximum Gasteiger partial charge on any atom is 0.227 e. The zero-order valence-electron chi connectivity index (χ0n) is 18.7. The predicted octanol–water partition coefficient (Wildman–Crippen LogP) is 4.60. The van der Waals surface area contributed by atoms with E-state index < -0.39 is 17.0 Å². The first kappa shape index (κ1) is 20.6. The third-order valence-corrected chi connectivity index (χ3v) is 7.93. The van der Waals surface area contributed by atoms with E-state index in [4.69, 9.17) is 9.72 Å². The highest BCUT2D eigenvalue weighted by Crippen LogP contribution is 2.69. The number of ether oxygens (including phenoxy) is 1. The summed E-state index contributed by atoms with van der Waals surface area (Å²) >= 11 is 0. The molecule has 2 aliphatic carbocycles. The van der Waals surface area contributed by atoms with Crippen molar-refractivity contribution >= 4 is 5.95 Å². The number of rotatable bonds is 3. The van der Waals surface area contributed by atoms with E-state index in [2.05, 4.69) is 33.9 Å². The molecule has 2 fully saturated rings. The Balaban J connectivity index is 1.48. The van der Waals surface area contributed by atoms with E-state index >= 15 is 0 Å². The van der Waals surface area contributed by atoms with Gasteiger partial charge < -0.3 is 9.64 Å². The molecule has 0 N–H and O–H groups in total. The largest absolute Gasteiger partial charge is 0.361 e. The van der Waals surface area contributed by atoms with Crippen LogP contribution in [0.4, 0.5) is 14.7 Å². The summed E-state index contributed by atoms with van der Waals surface area (Å²) in [5.74, 6) is -0.406. The van der Waals surface area contributed by atoms with Gasteiger partial charge in [-0.2, -0.15) is 5.10 Å². The topological polar surface area (TPSA) is 64.0 Å². The average Bonchev–Trinajstić information content (AvgIpc) is 3.21.